The third-order valence-electron chi connectivity index (χ3n) is 3.37. The molecule has 21 heavy (non-hydrogen) atoms. The van der Waals surface area contributed by atoms with Gasteiger partial charge >= 0.3 is 0 Å². The summed E-state index contributed by atoms with van der Waals surface area (Å²) in [5.74, 6) is -0.238. The number of nitrogens with zero attached hydrogens (tertiary/aromatic N) is 1. The molecule has 0 amide bonds. The van der Waals surface area contributed by atoms with Crippen LogP contribution in [-0.2, 0) is 6.54 Å². The number of benzene rings is 2. The van der Waals surface area contributed by atoms with Crippen LogP contribution in [-0.4, -0.2) is 18.5 Å². The molecule has 0 aliphatic heterocycles. The highest BCUT2D eigenvalue weighted by atomic mass is 35.5. The third kappa shape index (κ3) is 4.42. The van der Waals surface area contributed by atoms with E-state index in [9.17, 15) is 4.39 Å². The Morgan fingerprint density at radius 2 is 1.67 bits per heavy atom. The molecule has 0 aromatic heterocycles. The van der Waals surface area contributed by atoms with E-state index >= 15 is 0 Å². The van der Waals surface area contributed by atoms with Crippen LogP contribution in [0.5, 0.6) is 0 Å². The fourth-order valence-electron chi connectivity index (χ4n) is 2.33. The van der Waals surface area contributed by atoms with Crippen molar-refractivity contribution in [2.75, 3.05) is 13.6 Å². The van der Waals surface area contributed by atoms with Crippen LogP contribution >= 0.6 is 23.2 Å². The van der Waals surface area contributed by atoms with E-state index in [-0.39, 0.29) is 11.9 Å². The summed E-state index contributed by atoms with van der Waals surface area (Å²) in [5, 5.41) is 1.18. The fourth-order valence-corrected chi connectivity index (χ4v) is 2.87. The predicted octanol–water partition coefficient (Wildman–Crippen LogP) is 4.26. The fraction of sp³-hybridized carbons (Fsp3) is 0.250. The van der Waals surface area contributed by atoms with Gasteiger partial charge in [0.15, 0.2) is 0 Å². The van der Waals surface area contributed by atoms with Crippen molar-refractivity contribution in [3.63, 3.8) is 0 Å². The number of likely N-dealkylation sites (N-methyl/N-ethyl adjacent to an activating group) is 1. The van der Waals surface area contributed by atoms with E-state index in [2.05, 4.69) is 4.90 Å². The van der Waals surface area contributed by atoms with Crippen molar-refractivity contribution in [1.82, 2.24) is 4.90 Å². The minimum Gasteiger partial charge on any atom is -0.329 e. The molecule has 0 aliphatic rings. The summed E-state index contributed by atoms with van der Waals surface area (Å²) in [6.45, 7) is 1.10. The highest BCUT2D eigenvalue weighted by molar-refractivity contribution is 6.34. The van der Waals surface area contributed by atoms with Crippen molar-refractivity contribution < 1.29 is 4.39 Å². The number of nitrogens with two attached hydrogens (primary N) is 1. The molecule has 2 nitrogen and oxygen atoms in total. The second-order valence-corrected chi connectivity index (χ2v) is 5.87. The standard InChI is InChI=1S/C16H17Cl2FN2/c1-21(10-11-2-4-15(19)5-3-11)16(9-20)12-6-13(17)8-14(18)7-12/h2-8,16H,9-10,20H2,1H3. The van der Waals surface area contributed by atoms with Crippen LogP contribution in [0.15, 0.2) is 42.5 Å². The van der Waals surface area contributed by atoms with Gasteiger partial charge in [0.2, 0.25) is 0 Å². The Labute approximate surface area is 134 Å². The minimum absolute atomic E-state index is 0.00810. The normalized spacial score (nSPS) is 12.7. The summed E-state index contributed by atoms with van der Waals surface area (Å²) in [5.41, 5.74) is 7.89. The molecule has 1 atom stereocenters. The molecule has 2 aromatic carbocycles. The third-order valence-corrected chi connectivity index (χ3v) is 3.81. The Hall–Kier alpha value is -1.13. The van der Waals surface area contributed by atoms with Crippen molar-refractivity contribution in [3.8, 4) is 0 Å². The maximum atomic E-state index is 12.9. The monoisotopic (exact) mass is 326 g/mol. The first-order chi connectivity index (χ1) is 9.99. The Balaban J connectivity index is 2.17. The van der Waals surface area contributed by atoms with E-state index in [4.69, 9.17) is 28.9 Å². The SMILES string of the molecule is CN(Cc1ccc(F)cc1)C(CN)c1cc(Cl)cc(Cl)c1. The number of halogens is 3. The summed E-state index contributed by atoms with van der Waals surface area (Å²) < 4.78 is 12.9. The van der Waals surface area contributed by atoms with Gasteiger partial charge in [-0.05, 0) is 48.5 Å². The van der Waals surface area contributed by atoms with Gasteiger partial charge in [0.25, 0.3) is 0 Å². The Kier molecular flexibility index (Phi) is 5.59. The van der Waals surface area contributed by atoms with Gasteiger partial charge in [-0.15, -0.1) is 0 Å². The van der Waals surface area contributed by atoms with E-state index in [0.717, 1.165) is 11.1 Å². The molecule has 0 saturated carbocycles. The van der Waals surface area contributed by atoms with Gasteiger partial charge in [0.1, 0.15) is 5.82 Å². The van der Waals surface area contributed by atoms with E-state index < -0.39 is 0 Å². The largest absolute Gasteiger partial charge is 0.329 e. The first-order valence-electron chi connectivity index (χ1n) is 6.60. The molecule has 2 rings (SSSR count). The number of rotatable bonds is 5. The van der Waals surface area contributed by atoms with Gasteiger partial charge in [0, 0.05) is 29.2 Å². The van der Waals surface area contributed by atoms with Crippen LogP contribution in [0.4, 0.5) is 4.39 Å². The zero-order valence-corrected chi connectivity index (χ0v) is 13.2. The second kappa shape index (κ2) is 7.23. The lowest BCUT2D eigenvalue weighted by Crippen LogP contribution is -2.30. The molecular weight excluding hydrogens is 310 g/mol. The van der Waals surface area contributed by atoms with Gasteiger partial charge in [-0.3, -0.25) is 4.90 Å². The van der Waals surface area contributed by atoms with Crippen molar-refractivity contribution in [2.24, 2.45) is 5.73 Å². The second-order valence-electron chi connectivity index (χ2n) is 5.00. The lowest BCUT2D eigenvalue weighted by Gasteiger charge is -2.27. The molecule has 0 radical (unpaired) electrons. The van der Waals surface area contributed by atoms with Crippen LogP contribution in [0.25, 0.3) is 0 Å². The molecule has 2 aromatic rings. The smallest absolute Gasteiger partial charge is 0.123 e. The van der Waals surface area contributed by atoms with Gasteiger partial charge in [-0.2, -0.15) is 0 Å². The molecule has 5 heteroatoms. The molecule has 2 N–H and O–H groups in total. The average Bonchev–Trinajstić information content (AvgIpc) is 2.41. The zero-order chi connectivity index (χ0) is 15.4. The van der Waals surface area contributed by atoms with E-state index in [1.165, 1.54) is 12.1 Å². The van der Waals surface area contributed by atoms with Gasteiger partial charge < -0.3 is 5.73 Å². The highest BCUT2D eigenvalue weighted by Gasteiger charge is 2.17. The number of hydrogen-bond acceptors (Lipinski definition) is 2. The Morgan fingerprint density at radius 1 is 1.10 bits per heavy atom. The molecule has 0 bridgehead atoms. The molecule has 0 spiro atoms. The van der Waals surface area contributed by atoms with E-state index in [1.807, 2.05) is 19.2 Å². The lowest BCUT2D eigenvalue weighted by molar-refractivity contribution is 0.242. The van der Waals surface area contributed by atoms with Gasteiger partial charge in [-0.1, -0.05) is 35.3 Å². The highest BCUT2D eigenvalue weighted by Crippen LogP contribution is 2.27. The predicted molar refractivity (Wildman–Crippen MR) is 86.1 cm³/mol. The molecule has 112 valence electrons. The lowest BCUT2D eigenvalue weighted by atomic mass is 10.0. The summed E-state index contributed by atoms with van der Waals surface area (Å²) >= 11 is 12.1. The van der Waals surface area contributed by atoms with Crippen LogP contribution in [0.2, 0.25) is 10.0 Å². The van der Waals surface area contributed by atoms with Crippen molar-refractivity contribution in [1.29, 1.82) is 0 Å². The molecule has 1 unspecified atom stereocenters. The summed E-state index contributed by atoms with van der Waals surface area (Å²) in [4.78, 5) is 2.09. The van der Waals surface area contributed by atoms with Crippen molar-refractivity contribution >= 4 is 23.2 Å². The molecule has 0 saturated heterocycles. The Morgan fingerprint density at radius 3 is 2.19 bits per heavy atom. The van der Waals surface area contributed by atoms with Gasteiger partial charge in [0.05, 0.1) is 0 Å². The molecule has 0 fully saturated rings. The van der Waals surface area contributed by atoms with Crippen LogP contribution in [0, 0.1) is 5.82 Å². The Bertz CT molecular complexity index is 581. The van der Waals surface area contributed by atoms with Gasteiger partial charge in [-0.25, -0.2) is 4.39 Å². The summed E-state index contributed by atoms with van der Waals surface area (Å²) in [7, 11) is 1.97. The minimum atomic E-state index is -0.238. The maximum Gasteiger partial charge on any atom is 0.123 e. The van der Waals surface area contributed by atoms with Crippen LogP contribution in [0.3, 0.4) is 0 Å². The maximum absolute atomic E-state index is 12.9. The summed E-state index contributed by atoms with van der Waals surface area (Å²) in [6.07, 6.45) is 0. The van der Waals surface area contributed by atoms with Crippen LogP contribution in [0.1, 0.15) is 17.2 Å². The molecular formula is C16H17Cl2FN2. The van der Waals surface area contributed by atoms with E-state index in [0.29, 0.717) is 23.1 Å². The molecule has 0 aliphatic carbocycles. The first-order valence-corrected chi connectivity index (χ1v) is 7.36. The van der Waals surface area contributed by atoms with E-state index in [1.54, 1.807) is 18.2 Å². The first kappa shape index (κ1) is 16.2. The zero-order valence-electron chi connectivity index (χ0n) is 11.7. The topological polar surface area (TPSA) is 29.3 Å². The quantitative estimate of drug-likeness (QED) is 0.889. The van der Waals surface area contributed by atoms with Crippen LogP contribution < -0.4 is 5.73 Å². The average molecular weight is 327 g/mol. The van der Waals surface area contributed by atoms with Crippen molar-refractivity contribution in [3.05, 3.63) is 69.5 Å². The summed E-state index contributed by atoms with van der Waals surface area (Å²) in [6, 6.07) is 11.9. The molecule has 0 heterocycles. The van der Waals surface area contributed by atoms with Crippen molar-refractivity contribution in [2.45, 2.75) is 12.6 Å². The number of hydrogen-bond donors (Lipinski definition) is 1.